The van der Waals surface area contributed by atoms with Crippen molar-refractivity contribution < 1.29 is 14.2 Å². The number of hydrogen-bond donors (Lipinski definition) is 1. The molecule has 1 N–H and O–H groups in total. The van der Waals surface area contributed by atoms with Gasteiger partial charge in [0, 0.05) is 0 Å². The summed E-state index contributed by atoms with van der Waals surface area (Å²) in [6, 6.07) is 12.7. The molecule has 0 spiro atoms. The smallest absolute Gasteiger partial charge is 0.165 e. The molecule has 21 heavy (non-hydrogen) atoms. The lowest BCUT2D eigenvalue weighted by molar-refractivity contribution is 0.198. The number of benzene rings is 2. The molecule has 0 fully saturated rings. The van der Waals surface area contributed by atoms with Crippen molar-refractivity contribution in [1.82, 2.24) is 0 Å². The molecular formula is C18H21FO2. The van der Waals surface area contributed by atoms with Gasteiger partial charge in [-0.1, -0.05) is 44.2 Å². The van der Waals surface area contributed by atoms with E-state index in [0.717, 1.165) is 5.56 Å². The first-order valence-electron chi connectivity index (χ1n) is 7.16. The van der Waals surface area contributed by atoms with E-state index in [0.29, 0.717) is 18.1 Å². The average molecular weight is 288 g/mol. The van der Waals surface area contributed by atoms with Gasteiger partial charge in [-0.15, -0.1) is 0 Å². The van der Waals surface area contributed by atoms with Gasteiger partial charge in [0.1, 0.15) is 6.61 Å². The van der Waals surface area contributed by atoms with Gasteiger partial charge in [-0.3, -0.25) is 0 Å². The Morgan fingerprint density at radius 1 is 1.00 bits per heavy atom. The third-order valence-corrected chi connectivity index (χ3v) is 3.48. The van der Waals surface area contributed by atoms with Crippen LogP contribution >= 0.6 is 0 Å². The van der Waals surface area contributed by atoms with E-state index in [1.165, 1.54) is 11.6 Å². The number of hydrogen-bond acceptors (Lipinski definition) is 2. The second kappa shape index (κ2) is 6.72. The second-order valence-corrected chi connectivity index (χ2v) is 5.55. The Morgan fingerprint density at radius 3 is 2.14 bits per heavy atom. The van der Waals surface area contributed by atoms with E-state index in [9.17, 15) is 9.50 Å². The van der Waals surface area contributed by atoms with Crippen molar-refractivity contribution in [2.24, 2.45) is 0 Å². The molecular weight excluding hydrogens is 267 g/mol. The fourth-order valence-electron chi connectivity index (χ4n) is 2.05. The summed E-state index contributed by atoms with van der Waals surface area (Å²) in [6.45, 7) is 6.21. The maximum absolute atomic E-state index is 13.8. The predicted molar refractivity (Wildman–Crippen MR) is 81.9 cm³/mol. The van der Waals surface area contributed by atoms with Crippen molar-refractivity contribution in [2.75, 3.05) is 0 Å². The Hall–Kier alpha value is -1.87. The normalized spacial score (nSPS) is 12.5. The van der Waals surface area contributed by atoms with E-state index in [1.54, 1.807) is 19.1 Å². The van der Waals surface area contributed by atoms with E-state index in [-0.39, 0.29) is 5.75 Å². The summed E-state index contributed by atoms with van der Waals surface area (Å²) in [5, 5.41) is 9.41. The number of ether oxygens (including phenoxy) is 1. The third kappa shape index (κ3) is 4.05. The van der Waals surface area contributed by atoms with Crippen molar-refractivity contribution in [3.05, 3.63) is 65.0 Å². The van der Waals surface area contributed by atoms with Crippen LogP contribution in [0.25, 0.3) is 0 Å². The van der Waals surface area contributed by atoms with Gasteiger partial charge in [-0.2, -0.15) is 0 Å². The van der Waals surface area contributed by atoms with Crippen LogP contribution in [0, 0.1) is 5.82 Å². The van der Waals surface area contributed by atoms with Gasteiger partial charge in [0.15, 0.2) is 11.6 Å². The van der Waals surface area contributed by atoms with Gasteiger partial charge < -0.3 is 9.84 Å². The molecule has 0 aliphatic heterocycles. The Kier molecular flexibility index (Phi) is 4.97. The number of rotatable bonds is 5. The van der Waals surface area contributed by atoms with Gasteiger partial charge >= 0.3 is 0 Å². The lowest BCUT2D eigenvalue weighted by Gasteiger charge is -2.11. The molecule has 0 aliphatic rings. The van der Waals surface area contributed by atoms with Crippen LogP contribution in [-0.4, -0.2) is 5.11 Å². The molecule has 2 aromatic carbocycles. The van der Waals surface area contributed by atoms with Crippen LogP contribution in [-0.2, 0) is 6.61 Å². The molecule has 2 nitrogen and oxygen atoms in total. The van der Waals surface area contributed by atoms with Crippen molar-refractivity contribution in [1.29, 1.82) is 0 Å². The van der Waals surface area contributed by atoms with E-state index >= 15 is 0 Å². The first kappa shape index (κ1) is 15.5. The van der Waals surface area contributed by atoms with Crippen LogP contribution in [0.4, 0.5) is 4.39 Å². The highest BCUT2D eigenvalue weighted by Crippen LogP contribution is 2.23. The van der Waals surface area contributed by atoms with Crippen molar-refractivity contribution in [3.8, 4) is 5.75 Å². The summed E-state index contributed by atoms with van der Waals surface area (Å²) in [6.07, 6.45) is -0.683. The van der Waals surface area contributed by atoms with Crippen LogP contribution < -0.4 is 4.74 Å². The summed E-state index contributed by atoms with van der Waals surface area (Å²) in [5.41, 5.74) is 2.81. The van der Waals surface area contributed by atoms with E-state index in [4.69, 9.17) is 4.74 Å². The van der Waals surface area contributed by atoms with Crippen LogP contribution in [0.2, 0.25) is 0 Å². The monoisotopic (exact) mass is 288 g/mol. The molecule has 0 radical (unpaired) electrons. The molecule has 0 aliphatic carbocycles. The zero-order chi connectivity index (χ0) is 15.4. The van der Waals surface area contributed by atoms with Gasteiger partial charge in [-0.05, 0) is 41.7 Å². The molecule has 0 aromatic heterocycles. The Morgan fingerprint density at radius 2 is 1.62 bits per heavy atom. The number of aliphatic hydroxyl groups is 1. The summed E-state index contributed by atoms with van der Waals surface area (Å²) in [7, 11) is 0. The molecule has 112 valence electrons. The van der Waals surface area contributed by atoms with Crippen molar-refractivity contribution >= 4 is 0 Å². The van der Waals surface area contributed by atoms with Gasteiger partial charge in [-0.25, -0.2) is 4.39 Å². The van der Waals surface area contributed by atoms with Gasteiger partial charge in [0.05, 0.1) is 6.10 Å². The number of aliphatic hydroxyl groups excluding tert-OH is 1. The van der Waals surface area contributed by atoms with Crippen LogP contribution in [0.15, 0.2) is 42.5 Å². The van der Waals surface area contributed by atoms with Crippen LogP contribution in [0.3, 0.4) is 0 Å². The minimum Gasteiger partial charge on any atom is -0.486 e. The Labute approximate surface area is 125 Å². The average Bonchev–Trinajstić information content (AvgIpc) is 2.46. The highest BCUT2D eigenvalue weighted by Gasteiger charge is 2.08. The van der Waals surface area contributed by atoms with E-state index in [2.05, 4.69) is 26.0 Å². The fourth-order valence-corrected chi connectivity index (χ4v) is 2.05. The van der Waals surface area contributed by atoms with Crippen molar-refractivity contribution in [3.63, 3.8) is 0 Å². The lowest BCUT2D eigenvalue weighted by atomic mass is 10.0. The zero-order valence-corrected chi connectivity index (χ0v) is 12.6. The molecule has 0 bridgehead atoms. The number of halogens is 1. The second-order valence-electron chi connectivity index (χ2n) is 5.55. The fraction of sp³-hybridized carbons (Fsp3) is 0.333. The third-order valence-electron chi connectivity index (χ3n) is 3.48. The lowest BCUT2D eigenvalue weighted by Crippen LogP contribution is -1.99. The van der Waals surface area contributed by atoms with E-state index in [1.807, 2.05) is 12.1 Å². The van der Waals surface area contributed by atoms with Crippen LogP contribution in [0.1, 0.15) is 49.5 Å². The molecule has 0 heterocycles. The minimum absolute atomic E-state index is 0.201. The van der Waals surface area contributed by atoms with E-state index < -0.39 is 11.9 Å². The molecule has 0 unspecified atom stereocenters. The molecule has 1 atom stereocenters. The first-order chi connectivity index (χ1) is 9.97. The Bertz CT molecular complexity index is 589. The highest BCUT2D eigenvalue weighted by molar-refractivity contribution is 5.31. The molecule has 0 amide bonds. The quantitative estimate of drug-likeness (QED) is 0.872. The zero-order valence-electron chi connectivity index (χ0n) is 12.6. The standard InChI is InChI=1S/C18H21FO2/c1-12(2)15-6-4-14(5-7-15)11-21-18-9-8-16(13(3)20)10-17(18)19/h4-10,12-13,20H,11H2,1-3H3/t13-/m0/s1. The molecule has 0 saturated heterocycles. The maximum Gasteiger partial charge on any atom is 0.165 e. The summed E-state index contributed by atoms with van der Waals surface area (Å²) >= 11 is 0. The first-order valence-corrected chi connectivity index (χ1v) is 7.16. The molecule has 2 aromatic rings. The summed E-state index contributed by atoms with van der Waals surface area (Å²) in [4.78, 5) is 0. The predicted octanol–water partition coefficient (Wildman–Crippen LogP) is 4.58. The summed E-state index contributed by atoms with van der Waals surface area (Å²) < 4.78 is 19.3. The largest absolute Gasteiger partial charge is 0.486 e. The van der Waals surface area contributed by atoms with Crippen LogP contribution in [0.5, 0.6) is 5.75 Å². The minimum atomic E-state index is -0.683. The molecule has 2 rings (SSSR count). The Balaban J connectivity index is 2.02. The van der Waals surface area contributed by atoms with Gasteiger partial charge in [0.2, 0.25) is 0 Å². The molecule has 3 heteroatoms. The SMILES string of the molecule is CC(C)c1ccc(COc2ccc([C@H](C)O)cc2F)cc1. The van der Waals surface area contributed by atoms with Gasteiger partial charge in [0.25, 0.3) is 0 Å². The highest BCUT2D eigenvalue weighted by atomic mass is 19.1. The maximum atomic E-state index is 13.8. The topological polar surface area (TPSA) is 29.5 Å². The molecule has 0 saturated carbocycles. The summed E-state index contributed by atoms with van der Waals surface area (Å²) in [5.74, 6) is 0.241. The van der Waals surface area contributed by atoms with Crippen molar-refractivity contribution in [2.45, 2.75) is 39.4 Å².